The topological polar surface area (TPSA) is 41.6 Å². The second-order valence-electron chi connectivity index (χ2n) is 9.07. The van der Waals surface area contributed by atoms with Crippen LogP contribution >= 0.6 is 0 Å². The summed E-state index contributed by atoms with van der Waals surface area (Å²) in [6.07, 6.45) is 4.73. The van der Waals surface area contributed by atoms with Crippen molar-refractivity contribution in [3.05, 3.63) is 0 Å². The summed E-state index contributed by atoms with van der Waals surface area (Å²) in [7, 11) is 0. The van der Waals surface area contributed by atoms with Crippen LogP contribution in [-0.4, -0.2) is 42.3 Å². The van der Waals surface area contributed by atoms with Gasteiger partial charge in [0, 0.05) is 25.7 Å². The van der Waals surface area contributed by atoms with Crippen molar-refractivity contribution < 1.29 is 9.53 Å². The highest BCUT2D eigenvalue weighted by Crippen LogP contribution is 2.48. The van der Waals surface area contributed by atoms with E-state index in [4.69, 9.17) is 4.74 Å². The number of piperidine rings is 1. The molecule has 0 aromatic carbocycles. The minimum Gasteiger partial charge on any atom is -0.444 e. The van der Waals surface area contributed by atoms with Gasteiger partial charge in [-0.15, -0.1) is 0 Å². The summed E-state index contributed by atoms with van der Waals surface area (Å²) in [6.45, 7) is 15.3. The standard InChI is InChI=1S/C18H34N2O2/c1-14(18(6)9-10-18)19-12-17(5)8-7-11-20(13-17)15(21)22-16(2,3)4/h14,19H,7-13H2,1-6H3. The van der Waals surface area contributed by atoms with Gasteiger partial charge < -0.3 is 15.0 Å². The highest BCUT2D eigenvalue weighted by Gasteiger charge is 2.43. The second kappa shape index (κ2) is 6.03. The lowest BCUT2D eigenvalue weighted by atomic mass is 9.81. The first-order valence-electron chi connectivity index (χ1n) is 8.74. The Morgan fingerprint density at radius 1 is 1.27 bits per heavy atom. The first-order valence-corrected chi connectivity index (χ1v) is 8.74. The maximum atomic E-state index is 12.3. The summed E-state index contributed by atoms with van der Waals surface area (Å²) in [6, 6.07) is 0.557. The molecule has 2 atom stereocenters. The number of carbonyl (C=O) groups is 1. The van der Waals surface area contributed by atoms with E-state index in [0.29, 0.717) is 11.5 Å². The molecule has 1 saturated carbocycles. The summed E-state index contributed by atoms with van der Waals surface area (Å²) >= 11 is 0. The molecule has 1 amide bonds. The van der Waals surface area contributed by atoms with E-state index in [1.807, 2.05) is 25.7 Å². The summed E-state index contributed by atoms with van der Waals surface area (Å²) < 4.78 is 5.53. The third-order valence-electron chi connectivity index (χ3n) is 5.35. The summed E-state index contributed by atoms with van der Waals surface area (Å²) in [4.78, 5) is 14.2. The summed E-state index contributed by atoms with van der Waals surface area (Å²) in [5, 5.41) is 3.72. The zero-order valence-electron chi connectivity index (χ0n) is 15.3. The molecule has 0 aromatic heterocycles. The van der Waals surface area contributed by atoms with Gasteiger partial charge in [-0.2, -0.15) is 0 Å². The molecule has 4 heteroatoms. The number of hydrogen-bond donors (Lipinski definition) is 1. The van der Waals surface area contributed by atoms with Gasteiger partial charge in [0.2, 0.25) is 0 Å². The number of nitrogens with zero attached hydrogens (tertiary/aromatic N) is 1. The van der Waals surface area contributed by atoms with Crippen LogP contribution in [-0.2, 0) is 4.74 Å². The molecule has 0 spiro atoms. The molecule has 22 heavy (non-hydrogen) atoms. The van der Waals surface area contributed by atoms with Crippen molar-refractivity contribution in [3.8, 4) is 0 Å². The Hall–Kier alpha value is -0.770. The van der Waals surface area contributed by atoms with Gasteiger partial charge in [-0.05, 0) is 64.2 Å². The third-order valence-corrected chi connectivity index (χ3v) is 5.35. The maximum absolute atomic E-state index is 12.3. The maximum Gasteiger partial charge on any atom is 0.410 e. The molecule has 4 nitrogen and oxygen atoms in total. The molecule has 0 radical (unpaired) electrons. The van der Waals surface area contributed by atoms with E-state index >= 15 is 0 Å². The average Bonchev–Trinajstić information content (AvgIpc) is 3.13. The van der Waals surface area contributed by atoms with Crippen molar-refractivity contribution in [2.24, 2.45) is 10.8 Å². The van der Waals surface area contributed by atoms with E-state index in [0.717, 1.165) is 26.1 Å². The van der Waals surface area contributed by atoms with Crippen molar-refractivity contribution in [2.45, 2.75) is 78.9 Å². The van der Waals surface area contributed by atoms with Crippen LogP contribution in [0, 0.1) is 10.8 Å². The molecule has 2 aliphatic rings. The quantitative estimate of drug-likeness (QED) is 0.858. The average molecular weight is 310 g/mol. The number of amides is 1. The molecule has 1 heterocycles. The van der Waals surface area contributed by atoms with E-state index < -0.39 is 5.60 Å². The van der Waals surface area contributed by atoms with Crippen LogP contribution in [0.4, 0.5) is 4.79 Å². The van der Waals surface area contributed by atoms with Gasteiger partial charge >= 0.3 is 6.09 Å². The lowest BCUT2D eigenvalue weighted by molar-refractivity contribution is 0.00626. The van der Waals surface area contributed by atoms with E-state index in [1.165, 1.54) is 19.3 Å². The number of hydrogen-bond acceptors (Lipinski definition) is 3. The van der Waals surface area contributed by atoms with E-state index in [1.54, 1.807) is 0 Å². The molecule has 2 rings (SSSR count). The Kier molecular flexibility index (Phi) is 4.82. The highest BCUT2D eigenvalue weighted by molar-refractivity contribution is 5.68. The van der Waals surface area contributed by atoms with Crippen LogP contribution < -0.4 is 5.32 Å². The minimum absolute atomic E-state index is 0.147. The van der Waals surface area contributed by atoms with Crippen LogP contribution in [0.5, 0.6) is 0 Å². The number of likely N-dealkylation sites (tertiary alicyclic amines) is 1. The molecule has 2 unspecified atom stereocenters. The van der Waals surface area contributed by atoms with Crippen LogP contribution in [0.15, 0.2) is 0 Å². The Labute approximate surface area is 136 Å². The fourth-order valence-corrected chi connectivity index (χ4v) is 3.22. The largest absolute Gasteiger partial charge is 0.444 e. The van der Waals surface area contributed by atoms with E-state index in [9.17, 15) is 4.79 Å². The Balaban J connectivity index is 1.86. The second-order valence-corrected chi connectivity index (χ2v) is 9.07. The van der Waals surface area contributed by atoms with Gasteiger partial charge in [0.05, 0.1) is 0 Å². The van der Waals surface area contributed by atoms with Crippen molar-refractivity contribution in [1.29, 1.82) is 0 Å². The normalized spacial score (nSPS) is 29.1. The predicted molar refractivity (Wildman–Crippen MR) is 90.0 cm³/mol. The Morgan fingerprint density at radius 2 is 1.91 bits per heavy atom. The SMILES string of the molecule is CC(NCC1(C)CCCN(C(=O)OC(C)(C)C)C1)C1(C)CC1. The van der Waals surface area contributed by atoms with Crippen LogP contribution in [0.25, 0.3) is 0 Å². The third kappa shape index (κ3) is 4.61. The molecule has 0 bridgehead atoms. The summed E-state index contributed by atoms with van der Waals surface area (Å²) in [5.41, 5.74) is 0.225. The molecule has 1 N–H and O–H groups in total. The van der Waals surface area contributed by atoms with E-state index in [-0.39, 0.29) is 11.5 Å². The molecule has 1 aliphatic carbocycles. The smallest absolute Gasteiger partial charge is 0.410 e. The molecule has 1 aliphatic heterocycles. The van der Waals surface area contributed by atoms with Gasteiger partial charge in [0.15, 0.2) is 0 Å². The van der Waals surface area contributed by atoms with Crippen molar-refractivity contribution >= 4 is 6.09 Å². The zero-order valence-corrected chi connectivity index (χ0v) is 15.3. The lowest BCUT2D eigenvalue weighted by Crippen LogP contribution is -2.51. The monoisotopic (exact) mass is 310 g/mol. The van der Waals surface area contributed by atoms with Crippen LogP contribution in [0.3, 0.4) is 0 Å². The number of carbonyl (C=O) groups excluding carboxylic acids is 1. The van der Waals surface area contributed by atoms with Gasteiger partial charge in [0.1, 0.15) is 5.60 Å². The minimum atomic E-state index is -0.418. The van der Waals surface area contributed by atoms with Gasteiger partial charge in [-0.25, -0.2) is 4.79 Å². The first kappa shape index (κ1) is 17.6. The fraction of sp³-hybridized carbons (Fsp3) is 0.944. The molecule has 1 saturated heterocycles. The van der Waals surface area contributed by atoms with Crippen molar-refractivity contribution in [1.82, 2.24) is 10.2 Å². The summed E-state index contributed by atoms with van der Waals surface area (Å²) in [5.74, 6) is 0. The number of nitrogens with one attached hydrogen (secondary N) is 1. The van der Waals surface area contributed by atoms with Gasteiger partial charge in [-0.3, -0.25) is 0 Å². The molecule has 2 fully saturated rings. The lowest BCUT2D eigenvalue weighted by Gasteiger charge is -2.41. The highest BCUT2D eigenvalue weighted by atomic mass is 16.6. The Bertz CT molecular complexity index is 412. The fourth-order valence-electron chi connectivity index (χ4n) is 3.22. The number of ether oxygens (including phenoxy) is 1. The zero-order chi connectivity index (χ0) is 16.6. The molecular weight excluding hydrogens is 276 g/mol. The number of rotatable bonds is 4. The van der Waals surface area contributed by atoms with Crippen LogP contribution in [0.1, 0.15) is 67.2 Å². The Morgan fingerprint density at radius 3 is 2.45 bits per heavy atom. The van der Waals surface area contributed by atoms with Crippen LogP contribution in [0.2, 0.25) is 0 Å². The van der Waals surface area contributed by atoms with Gasteiger partial charge in [0.25, 0.3) is 0 Å². The first-order chi connectivity index (χ1) is 10.0. The van der Waals surface area contributed by atoms with E-state index in [2.05, 4.69) is 26.1 Å². The van der Waals surface area contributed by atoms with Crippen molar-refractivity contribution in [2.75, 3.05) is 19.6 Å². The molecular formula is C18H34N2O2. The predicted octanol–water partition coefficient (Wildman–Crippen LogP) is 3.80. The molecule has 0 aromatic rings. The molecule has 128 valence electrons. The van der Waals surface area contributed by atoms with Crippen molar-refractivity contribution in [3.63, 3.8) is 0 Å². The van der Waals surface area contributed by atoms with Gasteiger partial charge in [-0.1, -0.05) is 13.8 Å².